The SMILES string of the molecule is CSc1cccc(C(=O)N(Cc2ccccn2)c2nc3c(C)cccc3s2)c1. The quantitative estimate of drug-likeness (QED) is 0.407. The number of rotatable bonds is 5. The third-order valence-electron chi connectivity index (χ3n) is 4.45. The van der Waals surface area contributed by atoms with Gasteiger partial charge in [0.1, 0.15) is 0 Å². The zero-order chi connectivity index (χ0) is 19.5. The summed E-state index contributed by atoms with van der Waals surface area (Å²) in [5.74, 6) is -0.0711. The summed E-state index contributed by atoms with van der Waals surface area (Å²) in [6.45, 7) is 2.42. The lowest BCUT2D eigenvalue weighted by Gasteiger charge is -2.20. The number of benzene rings is 2. The summed E-state index contributed by atoms with van der Waals surface area (Å²) < 4.78 is 1.08. The van der Waals surface area contributed by atoms with Crippen LogP contribution in [0.4, 0.5) is 5.13 Å². The molecular formula is C22H19N3OS2. The van der Waals surface area contributed by atoms with E-state index in [1.807, 2.05) is 73.8 Å². The van der Waals surface area contributed by atoms with Crippen molar-refractivity contribution >= 4 is 44.4 Å². The predicted molar refractivity (Wildman–Crippen MR) is 117 cm³/mol. The molecule has 0 aliphatic carbocycles. The number of nitrogens with zero attached hydrogens (tertiary/aromatic N) is 3. The van der Waals surface area contributed by atoms with Gasteiger partial charge < -0.3 is 0 Å². The molecule has 0 fully saturated rings. The zero-order valence-electron chi connectivity index (χ0n) is 15.6. The minimum atomic E-state index is -0.0711. The van der Waals surface area contributed by atoms with Gasteiger partial charge in [-0.2, -0.15) is 0 Å². The van der Waals surface area contributed by atoms with Crippen LogP contribution in [0.15, 0.2) is 71.8 Å². The Morgan fingerprint density at radius 2 is 1.96 bits per heavy atom. The normalized spacial score (nSPS) is 10.9. The molecule has 0 aliphatic rings. The molecule has 0 atom stereocenters. The van der Waals surface area contributed by atoms with Crippen molar-refractivity contribution < 1.29 is 4.79 Å². The summed E-state index contributed by atoms with van der Waals surface area (Å²) in [4.78, 5) is 25.4. The molecule has 6 heteroatoms. The number of amides is 1. The Hall–Kier alpha value is -2.70. The Morgan fingerprint density at radius 3 is 2.71 bits per heavy atom. The molecule has 0 radical (unpaired) electrons. The van der Waals surface area contributed by atoms with Crippen molar-refractivity contribution in [2.24, 2.45) is 0 Å². The summed E-state index contributed by atoms with van der Waals surface area (Å²) in [5.41, 5.74) is 3.53. The standard InChI is InChI=1S/C22H19N3OS2/c1-15-7-5-11-19-20(15)24-22(28-19)25(14-17-9-3-4-12-23-17)21(26)16-8-6-10-18(13-16)27-2/h3-13H,14H2,1-2H3. The van der Waals surface area contributed by atoms with Crippen LogP contribution < -0.4 is 4.90 Å². The van der Waals surface area contributed by atoms with E-state index in [-0.39, 0.29) is 5.91 Å². The largest absolute Gasteiger partial charge is 0.278 e. The average molecular weight is 406 g/mol. The molecule has 2 heterocycles. The molecule has 0 bridgehead atoms. The topological polar surface area (TPSA) is 46.1 Å². The number of pyridine rings is 1. The summed E-state index contributed by atoms with van der Waals surface area (Å²) >= 11 is 3.15. The number of hydrogen-bond acceptors (Lipinski definition) is 5. The number of anilines is 1. The predicted octanol–water partition coefficient (Wildman–Crippen LogP) is 5.57. The average Bonchev–Trinajstić information content (AvgIpc) is 3.18. The van der Waals surface area contributed by atoms with Crippen LogP contribution >= 0.6 is 23.1 Å². The molecule has 2 aromatic heterocycles. The summed E-state index contributed by atoms with van der Waals surface area (Å²) in [7, 11) is 0. The fourth-order valence-electron chi connectivity index (χ4n) is 2.98. The van der Waals surface area contributed by atoms with Crippen molar-refractivity contribution in [3.63, 3.8) is 0 Å². The first kappa shape index (κ1) is 18.7. The van der Waals surface area contributed by atoms with Crippen LogP contribution in [0.25, 0.3) is 10.2 Å². The maximum absolute atomic E-state index is 13.4. The van der Waals surface area contributed by atoms with E-state index in [0.717, 1.165) is 26.4 Å². The van der Waals surface area contributed by atoms with Gasteiger partial charge in [0.2, 0.25) is 0 Å². The van der Waals surface area contributed by atoms with Crippen LogP contribution in [-0.4, -0.2) is 22.1 Å². The number of thiazole rings is 1. The molecular weight excluding hydrogens is 386 g/mol. The second-order valence-electron chi connectivity index (χ2n) is 6.36. The summed E-state index contributed by atoms with van der Waals surface area (Å²) in [5, 5.41) is 0.689. The molecule has 4 nitrogen and oxygen atoms in total. The zero-order valence-corrected chi connectivity index (χ0v) is 17.3. The number of thioether (sulfide) groups is 1. The van der Waals surface area contributed by atoms with Crippen LogP contribution in [0.2, 0.25) is 0 Å². The number of fused-ring (bicyclic) bond motifs is 1. The third-order valence-corrected chi connectivity index (χ3v) is 6.22. The molecule has 0 saturated carbocycles. The minimum absolute atomic E-state index is 0.0711. The highest BCUT2D eigenvalue weighted by Gasteiger charge is 2.22. The summed E-state index contributed by atoms with van der Waals surface area (Å²) in [6, 6.07) is 19.5. The molecule has 28 heavy (non-hydrogen) atoms. The van der Waals surface area contributed by atoms with Gasteiger partial charge in [-0.1, -0.05) is 35.6 Å². The molecule has 2 aromatic carbocycles. The second kappa shape index (κ2) is 8.12. The Bertz CT molecular complexity index is 1130. The first-order chi connectivity index (χ1) is 13.7. The first-order valence-electron chi connectivity index (χ1n) is 8.87. The first-order valence-corrected chi connectivity index (χ1v) is 10.9. The number of aromatic nitrogens is 2. The van der Waals surface area contributed by atoms with Crippen LogP contribution in [0, 0.1) is 6.92 Å². The summed E-state index contributed by atoms with van der Waals surface area (Å²) in [6.07, 6.45) is 3.75. The van der Waals surface area contributed by atoms with Crippen LogP contribution in [0.5, 0.6) is 0 Å². The molecule has 0 unspecified atom stereocenters. The van der Waals surface area contributed by atoms with Crippen molar-refractivity contribution in [1.29, 1.82) is 0 Å². The Balaban J connectivity index is 1.78. The molecule has 0 saturated heterocycles. The van der Waals surface area contributed by atoms with Gasteiger partial charge in [-0.3, -0.25) is 14.7 Å². The minimum Gasteiger partial charge on any atom is -0.278 e. The van der Waals surface area contributed by atoms with E-state index in [1.165, 1.54) is 11.3 Å². The van der Waals surface area contributed by atoms with Crippen molar-refractivity contribution in [1.82, 2.24) is 9.97 Å². The fourth-order valence-corrected chi connectivity index (χ4v) is 4.48. The number of carbonyl (C=O) groups is 1. The maximum Gasteiger partial charge on any atom is 0.260 e. The lowest BCUT2D eigenvalue weighted by Crippen LogP contribution is -2.30. The fraction of sp³-hybridized carbons (Fsp3) is 0.136. The highest BCUT2D eigenvalue weighted by molar-refractivity contribution is 7.98. The van der Waals surface area contributed by atoms with Gasteiger partial charge in [0.15, 0.2) is 5.13 Å². The van der Waals surface area contributed by atoms with Crippen molar-refractivity contribution in [3.05, 3.63) is 83.7 Å². The Labute approximate surface area is 172 Å². The van der Waals surface area contributed by atoms with Gasteiger partial charge in [0.05, 0.1) is 22.5 Å². The number of carbonyl (C=O) groups excluding carboxylic acids is 1. The third kappa shape index (κ3) is 3.79. The van der Waals surface area contributed by atoms with Crippen molar-refractivity contribution in [2.75, 3.05) is 11.2 Å². The van der Waals surface area contributed by atoms with E-state index in [9.17, 15) is 4.79 Å². The van der Waals surface area contributed by atoms with Gasteiger partial charge in [-0.05, 0) is 55.1 Å². The van der Waals surface area contributed by atoms with Gasteiger partial charge >= 0.3 is 0 Å². The molecule has 0 aliphatic heterocycles. The Morgan fingerprint density at radius 1 is 1.11 bits per heavy atom. The van der Waals surface area contributed by atoms with Gasteiger partial charge in [-0.15, -0.1) is 11.8 Å². The van der Waals surface area contributed by atoms with E-state index in [2.05, 4.69) is 4.98 Å². The molecule has 140 valence electrons. The second-order valence-corrected chi connectivity index (χ2v) is 8.25. The molecule has 0 N–H and O–H groups in total. The Kier molecular flexibility index (Phi) is 5.41. The van der Waals surface area contributed by atoms with E-state index >= 15 is 0 Å². The smallest absolute Gasteiger partial charge is 0.260 e. The highest BCUT2D eigenvalue weighted by Crippen LogP contribution is 2.32. The number of hydrogen-bond donors (Lipinski definition) is 0. The van der Waals surface area contributed by atoms with Crippen LogP contribution in [0.3, 0.4) is 0 Å². The van der Waals surface area contributed by atoms with Crippen LogP contribution in [-0.2, 0) is 6.54 Å². The van der Waals surface area contributed by atoms with Gasteiger partial charge in [0.25, 0.3) is 5.91 Å². The molecule has 4 rings (SSSR count). The van der Waals surface area contributed by atoms with Crippen LogP contribution in [0.1, 0.15) is 21.6 Å². The molecule has 4 aromatic rings. The number of aryl methyl sites for hydroxylation is 1. The molecule has 1 amide bonds. The van der Waals surface area contributed by atoms with Gasteiger partial charge in [0, 0.05) is 16.7 Å². The van der Waals surface area contributed by atoms with Crippen molar-refractivity contribution in [3.8, 4) is 0 Å². The maximum atomic E-state index is 13.4. The lowest BCUT2D eigenvalue weighted by molar-refractivity contribution is 0.0984. The highest BCUT2D eigenvalue weighted by atomic mass is 32.2. The van der Waals surface area contributed by atoms with E-state index < -0.39 is 0 Å². The number of para-hydroxylation sites is 1. The lowest BCUT2D eigenvalue weighted by atomic mass is 10.2. The van der Waals surface area contributed by atoms with E-state index in [4.69, 9.17) is 4.98 Å². The molecule has 0 spiro atoms. The van der Waals surface area contributed by atoms with E-state index in [1.54, 1.807) is 22.9 Å². The van der Waals surface area contributed by atoms with Gasteiger partial charge in [-0.25, -0.2) is 4.98 Å². The van der Waals surface area contributed by atoms with Crippen molar-refractivity contribution in [2.45, 2.75) is 18.4 Å². The van der Waals surface area contributed by atoms with E-state index in [0.29, 0.717) is 17.2 Å². The monoisotopic (exact) mass is 405 g/mol.